The Morgan fingerprint density at radius 2 is 2.00 bits per heavy atom. The van der Waals surface area contributed by atoms with Crippen molar-refractivity contribution in [2.24, 2.45) is 0 Å². The van der Waals surface area contributed by atoms with Crippen molar-refractivity contribution in [2.45, 2.75) is 32.2 Å². The second kappa shape index (κ2) is 8.52. The molecule has 0 aliphatic rings. The second-order valence-corrected chi connectivity index (χ2v) is 5.25. The number of rotatable bonds is 8. The number of aryl methyl sites for hydroxylation is 1. The molecule has 1 aromatic heterocycles. The molecule has 2 N–H and O–H groups in total. The van der Waals surface area contributed by atoms with Crippen LogP contribution in [-0.4, -0.2) is 28.1 Å². The molecule has 20 heavy (non-hydrogen) atoms. The number of amides is 1. The van der Waals surface area contributed by atoms with Gasteiger partial charge in [0.1, 0.15) is 0 Å². The molecule has 0 aliphatic heterocycles. The van der Waals surface area contributed by atoms with Crippen LogP contribution in [0, 0.1) is 0 Å². The molecule has 0 unspecified atom stereocenters. The quantitative estimate of drug-likeness (QED) is 0.697. The van der Waals surface area contributed by atoms with Gasteiger partial charge in [0.2, 0.25) is 5.91 Å². The first-order valence-corrected chi connectivity index (χ1v) is 7.13. The maximum Gasteiger partial charge on any atom is 0.303 e. The summed E-state index contributed by atoms with van der Waals surface area (Å²) in [4.78, 5) is 33.3. The van der Waals surface area contributed by atoms with Gasteiger partial charge in [0.25, 0.3) is 5.56 Å². The van der Waals surface area contributed by atoms with Crippen LogP contribution < -0.4 is 10.9 Å². The average Bonchev–Trinajstić information content (AvgIpc) is 2.38. The lowest BCUT2D eigenvalue weighted by molar-refractivity contribution is -0.137. The first-order chi connectivity index (χ1) is 9.49. The van der Waals surface area contributed by atoms with Crippen LogP contribution in [0.3, 0.4) is 0 Å². The Labute approximate surface area is 124 Å². The van der Waals surface area contributed by atoms with E-state index in [-0.39, 0.29) is 17.9 Å². The summed E-state index contributed by atoms with van der Waals surface area (Å²) in [7, 11) is 0. The molecular weight excluding hydrogens is 328 g/mol. The van der Waals surface area contributed by atoms with Crippen LogP contribution in [-0.2, 0) is 16.1 Å². The molecule has 0 saturated heterocycles. The Morgan fingerprint density at radius 1 is 1.25 bits per heavy atom. The monoisotopic (exact) mass is 344 g/mol. The molecule has 0 radical (unpaired) electrons. The van der Waals surface area contributed by atoms with E-state index in [9.17, 15) is 14.4 Å². The van der Waals surface area contributed by atoms with Crippen LogP contribution in [0.25, 0.3) is 0 Å². The van der Waals surface area contributed by atoms with Crippen LogP contribution in [0.1, 0.15) is 25.7 Å². The van der Waals surface area contributed by atoms with Gasteiger partial charge in [-0.3, -0.25) is 14.4 Å². The Balaban J connectivity index is 2.23. The van der Waals surface area contributed by atoms with Crippen LogP contribution >= 0.6 is 15.9 Å². The molecule has 1 amide bonds. The molecule has 0 aliphatic carbocycles. The first kappa shape index (κ1) is 16.4. The van der Waals surface area contributed by atoms with E-state index in [1.54, 1.807) is 16.8 Å². The number of nitrogens with zero attached hydrogens (tertiary/aromatic N) is 1. The highest BCUT2D eigenvalue weighted by Gasteiger charge is 2.03. The number of hydrogen-bond donors (Lipinski definition) is 2. The van der Waals surface area contributed by atoms with Crippen molar-refractivity contribution in [3.63, 3.8) is 0 Å². The van der Waals surface area contributed by atoms with E-state index >= 15 is 0 Å². The third-order valence-electron chi connectivity index (χ3n) is 2.64. The lowest BCUT2D eigenvalue weighted by Crippen LogP contribution is -2.25. The Hall–Kier alpha value is -1.63. The van der Waals surface area contributed by atoms with E-state index in [0.29, 0.717) is 32.4 Å². The Morgan fingerprint density at radius 3 is 2.70 bits per heavy atom. The molecule has 110 valence electrons. The molecule has 0 atom stereocenters. The number of aromatic nitrogens is 1. The topological polar surface area (TPSA) is 88.4 Å². The standard InChI is InChI=1S/C13H17BrN2O4/c14-10-5-6-12(18)16(9-10)8-2-3-11(17)15-7-1-4-13(19)20/h5-6,9H,1-4,7-8H2,(H,15,17)(H,19,20). The van der Waals surface area contributed by atoms with Crippen molar-refractivity contribution in [1.29, 1.82) is 0 Å². The summed E-state index contributed by atoms with van der Waals surface area (Å²) >= 11 is 3.28. The second-order valence-electron chi connectivity index (χ2n) is 4.33. The molecule has 0 fully saturated rings. The zero-order valence-corrected chi connectivity index (χ0v) is 12.6. The van der Waals surface area contributed by atoms with Gasteiger partial charge in [0, 0.05) is 42.7 Å². The van der Waals surface area contributed by atoms with Gasteiger partial charge in [-0.05, 0) is 34.8 Å². The summed E-state index contributed by atoms with van der Waals surface area (Å²) in [5.41, 5.74) is -0.102. The predicted molar refractivity (Wildman–Crippen MR) is 77.5 cm³/mol. The van der Waals surface area contributed by atoms with Gasteiger partial charge in [-0.15, -0.1) is 0 Å². The summed E-state index contributed by atoms with van der Waals surface area (Å²) in [5, 5.41) is 11.1. The molecule has 6 nitrogen and oxygen atoms in total. The Bertz CT molecular complexity index is 527. The minimum absolute atomic E-state index is 0.0493. The number of aliphatic carboxylic acids is 1. The van der Waals surface area contributed by atoms with Gasteiger partial charge < -0.3 is 15.0 Å². The largest absolute Gasteiger partial charge is 0.481 e. The molecule has 0 saturated carbocycles. The third-order valence-corrected chi connectivity index (χ3v) is 3.11. The van der Waals surface area contributed by atoms with E-state index in [0.717, 1.165) is 4.47 Å². The number of carboxylic acid groups (broad SMARTS) is 1. The molecule has 1 heterocycles. The maximum atomic E-state index is 11.5. The van der Waals surface area contributed by atoms with Crippen molar-refractivity contribution in [3.05, 3.63) is 33.2 Å². The summed E-state index contributed by atoms with van der Waals surface area (Å²) in [6.07, 6.45) is 3.03. The smallest absolute Gasteiger partial charge is 0.303 e. The summed E-state index contributed by atoms with van der Waals surface area (Å²) < 4.78 is 2.36. The zero-order chi connectivity index (χ0) is 15.0. The molecule has 0 bridgehead atoms. The normalized spacial score (nSPS) is 10.2. The maximum absolute atomic E-state index is 11.5. The highest BCUT2D eigenvalue weighted by Crippen LogP contribution is 2.05. The minimum atomic E-state index is -0.867. The van der Waals surface area contributed by atoms with Gasteiger partial charge in [-0.2, -0.15) is 0 Å². The van der Waals surface area contributed by atoms with Crippen LogP contribution in [0.2, 0.25) is 0 Å². The molecule has 7 heteroatoms. The summed E-state index contributed by atoms with van der Waals surface area (Å²) in [5.74, 6) is -0.994. The predicted octanol–water partition coefficient (Wildman–Crippen LogP) is 1.37. The summed E-state index contributed by atoms with van der Waals surface area (Å²) in [6, 6.07) is 3.14. The van der Waals surface area contributed by atoms with Crippen molar-refractivity contribution >= 4 is 27.8 Å². The number of carbonyl (C=O) groups excluding carboxylic acids is 1. The average molecular weight is 345 g/mol. The van der Waals surface area contributed by atoms with E-state index < -0.39 is 5.97 Å². The number of carboxylic acids is 1. The van der Waals surface area contributed by atoms with E-state index in [4.69, 9.17) is 5.11 Å². The molecule has 0 spiro atoms. The number of carbonyl (C=O) groups is 2. The van der Waals surface area contributed by atoms with E-state index in [2.05, 4.69) is 21.2 Å². The van der Waals surface area contributed by atoms with Gasteiger partial charge in [-0.25, -0.2) is 0 Å². The van der Waals surface area contributed by atoms with E-state index in [1.807, 2.05) is 0 Å². The van der Waals surface area contributed by atoms with Crippen LogP contribution in [0.4, 0.5) is 0 Å². The van der Waals surface area contributed by atoms with Crippen molar-refractivity contribution in [2.75, 3.05) is 6.54 Å². The number of halogens is 1. The third kappa shape index (κ3) is 6.51. The lowest BCUT2D eigenvalue weighted by Gasteiger charge is -2.06. The number of nitrogens with one attached hydrogen (secondary N) is 1. The van der Waals surface area contributed by atoms with Crippen LogP contribution in [0.15, 0.2) is 27.6 Å². The lowest BCUT2D eigenvalue weighted by atomic mass is 10.2. The number of hydrogen-bond acceptors (Lipinski definition) is 3. The van der Waals surface area contributed by atoms with Crippen molar-refractivity contribution in [1.82, 2.24) is 9.88 Å². The fourth-order valence-corrected chi connectivity index (χ4v) is 2.02. The van der Waals surface area contributed by atoms with E-state index in [1.165, 1.54) is 6.07 Å². The van der Waals surface area contributed by atoms with Crippen LogP contribution in [0.5, 0.6) is 0 Å². The first-order valence-electron chi connectivity index (χ1n) is 6.33. The highest BCUT2D eigenvalue weighted by atomic mass is 79.9. The van der Waals surface area contributed by atoms with Gasteiger partial charge in [0.05, 0.1) is 0 Å². The summed E-state index contributed by atoms with van der Waals surface area (Å²) in [6.45, 7) is 0.836. The minimum Gasteiger partial charge on any atom is -0.481 e. The molecule has 1 rings (SSSR count). The number of pyridine rings is 1. The molecule has 1 aromatic rings. The SMILES string of the molecule is O=C(O)CCCNC(=O)CCCn1cc(Br)ccc1=O. The zero-order valence-electron chi connectivity index (χ0n) is 11.0. The fraction of sp³-hybridized carbons (Fsp3) is 0.462. The fourth-order valence-electron chi connectivity index (χ4n) is 1.64. The molecular formula is C13H17BrN2O4. The van der Waals surface area contributed by atoms with Crippen molar-refractivity contribution < 1.29 is 14.7 Å². The van der Waals surface area contributed by atoms with Gasteiger partial charge in [-0.1, -0.05) is 0 Å². The Kier molecular flexibility index (Phi) is 7.00. The highest BCUT2D eigenvalue weighted by molar-refractivity contribution is 9.10. The molecule has 0 aromatic carbocycles. The van der Waals surface area contributed by atoms with Crippen molar-refractivity contribution in [3.8, 4) is 0 Å². The van der Waals surface area contributed by atoms with Gasteiger partial charge >= 0.3 is 5.97 Å². The van der Waals surface area contributed by atoms with Gasteiger partial charge in [0.15, 0.2) is 0 Å².